The van der Waals surface area contributed by atoms with Gasteiger partial charge in [0.1, 0.15) is 0 Å². The maximum Gasteiger partial charge on any atom is 0.236 e. The molecule has 1 heterocycles. The lowest BCUT2D eigenvalue weighted by atomic mass is 9.85. The number of rotatable bonds is 5. The Morgan fingerprint density at radius 3 is 2.80 bits per heavy atom. The highest BCUT2D eigenvalue weighted by molar-refractivity contribution is 6.07. The number of amides is 2. The van der Waals surface area contributed by atoms with Gasteiger partial charge in [0.15, 0.2) is 0 Å². The zero-order valence-corrected chi connectivity index (χ0v) is 15.5. The molecule has 1 aromatic rings. The molecule has 0 fully saturated rings. The third-order valence-corrected chi connectivity index (χ3v) is 5.45. The molecular weight excluding hydrogens is 312 g/mol. The molecule has 0 bridgehead atoms. The third kappa shape index (κ3) is 3.63. The summed E-state index contributed by atoms with van der Waals surface area (Å²) in [5.41, 5.74) is 3.88. The van der Waals surface area contributed by atoms with Crippen molar-refractivity contribution < 1.29 is 9.59 Å². The molecule has 4 heteroatoms. The summed E-state index contributed by atoms with van der Waals surface area (Å²) < 4.78 is 0. The van der Waals surface area contributed by atoms with Crippen molar-refractivity contribution in [2.24, 2.45) is 0 Å². The maximum atomic E-state index is 12.4. The van der Waals surface area contributed by atoms with Gasteiger partial charge in [0.2, 0.25) is 11.8 Å². The lowest BCUT2D eigenvalue weighted by molar-refractivity contribution is -0.122. The van der Waals surface area contributed by atoms with Gasteiger partial charge >= 0.3 is 0 Å². The van der Waals surface area contributed by atoms with Gasteiger partial charge in [-0.1, -0.05) is 23.8 Å². The molecule has 0 spiro atoms. The average molecular weight is 340 g/mol. The second kappa shape index (κ2) is 7.03. The zero-order chi connectivity index (χ0) is 18.0. The van der Waals surface area contributed by atoms with E-state index in [9.17, 15) is 9.59 Å². The Labute approximate surface area is 150 Å². The molecule has 1 aliphatic heterocycles. The Kier molecular flexibility index (Phi) is 4.98. The molecule has 0 saturated heterocycles. The maximum absolute atomic E-state index is 12.4. The van der Waals surface area contributed by atoms with E-state index in [-0.39, 0.29) is 11.8 Å². The Balaban J connectivity index is 1.58. The van der Waals surface area contributed by atoms with E-state index in [2.05, 4.69) is 11.4 Å². The van der Waals surface area contributed by atoms with Crippen LogP contribution in [0.3, 0.4) is 0 Å². The van der Waals surface area contributed by atoms with Crippen molar-refractivity contribution in [1.29, 1.82) is 0 Å². The van der Waals surface area contributed by atoms with Crippen molar-refractivity contribution in [3.63, 3.8) is 0 Å². The predicted octanol–water partition coefficient (Wildman–Crippen LogP) is 3.49. The van der Waals surface area contributed by atoms with Crippen molar-refractivity contribution in [2.75, 3.05) is 18.5 Å². The highest BCUT2D eigenvalue weighted by Gasteiger charge is 2.42. The fraction of sp³-hybridized carbons (Fsp3) is 0.524. The second-order valence-corrected chi connectivity index (χ2v) is 7.73. The molecule has 1 N–H and O–H groups in total. The minimum atomic E-state index is -0.524. The smallest absolute Gasteiger partial charge is 0.236 e. The summed E-state index contributed by atoms with van der Waals surface area (Å²) in [5, 5.41) is 3.03. The summed E-state index contributed by atoms with van der Waals surface area (Å²) in [6, 6.07) is 5.92. The molecule has 25 heavy (non-hydrogen) atoms. The summed E-state index contributed by atoms with van der Waals surface area (Å²) in [6.45, 7) is 4.60. The van der Waals surface area contributed by atoms with Crippen LogP contribution in [0, 0.1) is 0 Å². The first-order valence-corrected chi connectivity index (χ1v) is 9.26. The van der Waals surface area contributed by atoms with Crippen LogP contribution >= 0.6 is 0 Å². The lowest BCUT2D eigenvalue weighted by Crippen LogP contribution is -2.33. The summed E-state index contributed by atoms with van der Waals surface area (Å²) in [7, 11) is 1.81. The van der Waals surface area contributed by atoms with Gasteiger partial charge in [0.25, 0.3) is 0 Å². The van der Waals surface area contributed by atoms with Crippen LogP contribution in [0.1, 0.15) is 57.1 Å². The number of hydrogen-bond acceptors (Lipinski definition) is 2. The fourth-order valence-electron chi connectivity index (χ4n) is 3.87. The third-order valence-electron chi connectivity index (χ3n) is 5.45. The number of carbonyl (C=O) groups excluding carboxylic acids is 2. The number of nitrogens with one attached hydrogen (secondary N) is 1. The summed E-state index contributed by atoms with van der Waals surface area (Å²) in [4.78, 5) is 26.3. The zero-order valence-electron chi connectivity index (χ0n) is 15.5. The molecule has 0 aromatic heterocycles. The normalized spacial score (nSPS) is 18.8. The number of hydrogen-bond donors (Lipinski definition) is 1. The van der Waals surface area contributed by atoms with Crippen LogP contribution in [0.4, 0.5) is 5.69 Å². The van der Waals surface area contributed by atoms with Crippen LogP contribution in [0.15, 0.2) is 29.8 Å². The van der Waals surface area contributed by atoms with E-state index in [4.69, 9.17) is 0 Å². The number of fused-ring (bicyclic) bond motifs is 1. The molecule has 1 aromatic carbocycles. The van der Waals surface area contributed by atoms with Crippen molar-refractivity contribution in [2.45, 2.75) is 57.8 Å². The summed E-state index contributed by atoms with van der Waals surface area (Å²) >= 11 is 0. The second-order valence-electron chi connectivity index (χ2n) is 7.73. The Morgan fingerprint density at radius 2 is 2.08 bits per heavy atom. The van der Waals surface area contributed by atoms with Crippen molar-refractivity contribution in [1.82, 2.24) is 5.32 Å². The van der Waals surface area contributed by atoms with Gasteiger partial charge in [-0.05, 0) is 63.1 Å². The first-order chi connectivity index (χ1) is 11.9. The van der Waals surface area contributed by atoms with Gasteiger partial charge in [-0.3, -0.25) is 9.59 Å². The highest BCUT2D eigenvalue weighted by Crippen LogP contribution is 2.41. The van der Waals surface area contributed by atoms with Gasteiger partial charge in [-0.2, -0.15) is 0 Å². The van der Waals surface area contributed by atoms with Gasteiger partial charge < -0.3 is 10.2 Å². The molecule has 3 rings (SSSR count). The van der Waals surface area contributed by atoms with Crippen LogP contribution in [0.5, 0.6) is 0 Å². The van der Waals surface area contributed by atoms with Gasteiger partial charge in [-0.25, -0.2) is 0 Å². The topological polar surface area (TPSA) is 49.4 Å². The minimum Gasteiger partial charge on any atom is -0.355 e. The van der Waals surface area contributed by atoms with Crippen LogP contribution in [-0.4, -0.2) is 25.4 Å². The van der Waals surface area contributed by atoms with Crippen LogP contribution in [-0.2, 0) is 21.4 Å². The van der Waals surface area contributed by atoms with Gasteiger partial charge in [0.05, 0.1) is 11.8 Å². The monoisotopic (exact) mass is 340 g/mol. The highest BCUT2D eigenvalue weighted by atomic mass is 16.2. The first-order valence-electron chi connectivity index (χ1n) is 9.26. The van der Waals surface area contributed by atoms with Crippen LogP contribution < -0.4 is 10.2 Å². The fourth-order valence-corrected chi connectivity index (χ4v) is 3.87. The van der Waals surface area contributed by atoms with Gasteiger partial charge in [0, 0.05) is 19.3 Å². The molecule has 0 saturated carbocycles. The Hall–Kier alpha value is -2.10. The molecule has 0 atom stereocenters. The SMILES string of the molecule is CN1C(=O)C(C)(C)c2cc(CC(=O)NCCC3=CCCCC3)ccc21. The summed E-state index contributed by atoms with van der Waals surface area (Å²) in [5.74, 6) is 0.150. The first kappa shape index (κ1) is 17.7. The molecule has 2 amide bonds. The standard InChI is InChI=1S/C21H28N2O2/c1-21(2)17-13-16(9-10-18(17)23(3)20(21)25)14-19(24)22-12-11-15-7-5-4-6-8-15/h7,9-10,13H,4-6,8,11-12,14H2,1-3H3,(H,22,24). The molecule has 134 valence electrons. The van der Waals surface area contributed by atoms with Crippen molar-refractivity contribution in [3.05, 3.63) is 41.0 Å². The van der Waals surface area contributed by atoms with E-state index in [1.54, 1.807) is 4.90 Å². The lowest BCUT2D eigenvalue weighted by Gasteiger charge is -2.16. The molecule has 2 aliphatic rings. The van der Waals surface area contributed by atoms with E-state index in [1.165, 1.54) is 31.3 Å². The molecule has 1 aliphatic carbocycles. The predicted molar refractivity (Wildman–Crippen MR) is 101 cm³/mol. The average Bonchev–Trinajstić information content (AvgIpc) is 2.77. The van der Waals surface area contributed by atoms with Crippen LogP contribution in [0.2, 0.25) is 0 Å². The number of carbonyl (C=O) groups is 2. The van der Waals surface area contributed by atoms with E-state index in [0.717, 1.165) is 23.2 Å². The largest absolute Gasteiger partial charge is 0.355 e. The Morgan fingerprint density at radius 1 is 1.28 bits per heavy atom. The molecule has 0 radical (unpaired) electrons. The number of anilines is 1. The van der Waals surface area contributed by atoms with Crippen LogP contribution in [0.25, 0.3) is 0 Å². The van der Waals surface area contributed by atoms with Crippen molar-refractivity contribution >= 4 is 17.5 Å². The Bertz CT molecular complexity index is 719. The van der Waals surface area contributed by atoms with Crippen molar-refractivity contribution in [3.8, 4) is 0 Å². The minimum absolute atomic E-state index is 0.0480. The van der Waals surface area contributed by atoms with E-state index < -0.39 is 5.41 Å². The number of likely N-dealkylation sites (N-methyl/N-ethyl adjacent to an activating group) is 1. The number of allylic oxidation sites excluding steroid dienone is 1. The van der Waals surface area contributed by atoms with E-state index in [0.29, 0.717) is 13.0 Å². The number of nitrogens with zero attached hydrogens (tertiary/aromatic N) is 1. The number of benzene rings is 1. The molecular formula is C21H28N2O2. The van der Waals surface area contributed by atoms with E-state index >= 15 is 0 Å². The molecule has 4 nitrogen and oxygen atoms in total. The molecule has 0 unspecified atom stereocenters. The van der Waals surface area contributed by atoms with E-state index in [1.807, 2.05) is 39.1 Å². The quantitative estimate of drug-likeness (QED) is 0.834. The summed E-state index contributed by atoms with van der Waals surface area (Å²) in [6.07, 6.45) is 8.58. The van der Waals surface area contributed by atoms with Gasteiger partial charge in [-0.15, -0.1) is 0 Å².